The van der Waals surface area contributed by atoms with Gasteiger partial charge in [0.05, 0.1) is 23.0 Å². The Morgan fingerprint density at radius 2 is 2.10 bits per heavy atom. The van der Waals surface area contributed by atoms with Crippen molar-refractivity contribution in [1.29, 1.82) is 0 Å². The summed E-state index contributed by atoms with van der Waals surface area (Å²) in [4.78, 5) is 13.8. The third-order valence-electron chi connectivity index (χ3n) is 3.12. The summed E-state index contributed by atoms with van der Waals surface area (Å²) >= 11 is 4.44. The van der Waals surface area contributed by atoms with Crippen molar-refractivity contribution in [1.82, 2.24) is 9.62 Å². The molecule has 9 heteroatoms. The van der Waals surface area contributed by atoms with E-state index in [1.54, 1.807) is 17.9 Å². The largest absolute Gasteiger partial charge is 0.378 e. The van der Waals surface area contributed by atoms with Gasteiger partial charge in [-0.05, 0) is 41.4 Å². The van der Waals surface area contributed by atoms with Gasteiger partial charge in [0, 0.05) is 13.1 Å². The van der Waals surface area contributed by atoms with Crippen molar-refractivity contribution in [2.75, 3.05) is 26.3 Å². The van der Waals surface area contributed by atoms with Crippen LogP contribution in [0, 0.1) is 6.92 Å². The third-order valence-corrected chi connectivity index (χ3v) is 7.28. The monoisotopic (exact) mass is 396 g/mol. The van der Waals surface area contributed by atoms with Crippen molar-refractivity contribution < 1.29 is 17.9 Å². The highest BCUT2D eigenvalue weighted by molar-refractivity contribution is 9.11. The van der Waals surface area contributed by atoms with Gasteiger partial charge in [-0.15, -0.1) is 11.3 Å². The van der Waals surface area contributed by atoms with Crippen LogP contribution in [0.15, 0.2) is 14.1 Å². The van der Waals surface area contributed by atoms with Gasteiger partial charge in [0.2, 0.25) is 5.91 Å². The normalized spacial score (nSPS) is 17.8. The number of morpholine rings is 1. The van der Waals surface area contributed by atoms with Crippen LogP contribution in [-0.2, 0) is 19.6 Å². The van der Waals surface area contributed by atoms with Gasteiger partial charge in [-0.2, -0.15) is 4.72 Å². The van der Waals surface area contributed by atoms with E-state index in [0.717, 1.165) is 20.7 Å². The van der Waals surface area contributed by atoms with Gasteiger partial charge in [-0.3, -0.25) is 4.79 Å². The summed E-state index contributed by atoms with van der Waals surface area (Å²) < 4.78 is 33.2. The number of hydrogen-bond donors (Lipinski definition) is 1. The Bertz CT molecular complexity index is 604. The van der Waals surface area contributed by atoms with Crippen LogP contribution in [0.5, 0.6) is 0 Å². The van der Waals surface area contributed by atoms with Gasteiger partial charge in [0.15, 0.2) is 0 Å². The number of nitrogens with zero attached hydrogens (tertiary/aromatic N) is 1. The number of halogens is 1. The second-order valence-electron chi connectivity index (χ2n) is 4.80. The molecule has 1 amide bonds. The summed E-state index contributed by atoms with van der Waals surface area (Å²) in [6, 6.07) is 0.789. The maximum absolute atomic E-state index is 12.3. The predicted octanol–water partition coefficient (Wildman–Crippen LogP) is 1.34. The summed E-state index contributed by atoms with van der Waals surface area (Å²) in [6.07, 6.45) is 0. The molecule has 118 valence electrons. The Morgan fingerprint density at radius 3 is 2.62 bits per heavy atom. The number of nitrogens with one attached hydrogen (secondary N) is 1. The van der Waals surface area contributed by atoms with Gasteiger partial charge < -0.3 is 9.64 Å². The minimum absolute atomic E-state index is 0.202. The fraction of sp³-hybridized carbons (Fsp3) is 0.583. The van der Waals surface area contributed by atoms with Crippen LogP contribution in [0.4, 0.5) is 0 Å². The van der Waals surface area contributed by atoms with E-state index in [4.69, 9.17) is 4.74 Å². The van der Waals surface area contributed by atoms with E-state index in [1.165, 1.54) is 0 Å². The molecule has 2 heterocycles. The van der Waals surface area contributed by atoms with E-state index in [0.29, 0.717) is 26.3 Å². The Labute approximate surface area is 136 Å². The van der Waals surface area contributed by atoms with Crippen LogP contribution in [0.25, 0.3) is 0 Å². The average molecular weight is 397 g/mol. The lowest BCUT2D eigenvalue weighted by Gasteiger charge is -2.29. The topological polar surface area (TPSA) is 75.7 Å². The molecule has 0 saturated carbocycles. The first-order valence-electron chi connectivity index (χ1n) is 6.46. The molecule has 1 unspecified atom stereocenters. The number of aryl methyl sites for hydroxylation is 1. The molecule has 1 aliphatic heterocycles. The molecule has 1 aromatic heterocycles. The molecular formula is C12H17BrN2O4S2. The SMILES string of the molecule is Cc1cc(S(=O)(=O)NC(C)C(=O)N2CCOCC2)sc1Br. The molecule has 21 heavy (non-hydrogen) atoms. The summed E-state index contributed by atoms with van der Waals surface area (Å²) in [5, 5.41) is 0. The summed E-state index contributed by atoms with van der Waals surface area (Å²) in [5.74, 6) is -0.228. The van der Waals surface area contributed by atoms with Crippen LogP contribution in [0.1, 0.15) is 12.5 Å². The van der Waals surface area contributed by atoms with E-state index in [1.807, 2.05) is 6.92 Å². The van der Waals surface area contributed by atoms with Gasteiger partial charge in [0.1, 0.15) is 4.21 Å². The van der Waals surface area contributed by atoms with Crippen LogP contribution < -0.4 is 4.72 Å². The molecule has 1 N–H and O–H groups in total. The number of amides is 1. The molecule has 1 fully saturated rings. The Morgan fingerprint density at radius 1 is 1.48 bits per heavy atom. The van der Waals surface area contributed by atoms with Crippen molar-refractivity contribution in [2.24, 2.45) is 0 Å². The highest BCUT2D eigenvalue weighted by Crippen LogP contribution is 2.30. The van der Waals surface area contributed by atoms with Crippen LogP contribution in [0.2, 0.25) is 0 Å². The molecule has 1 saturated heterocycles. The Kier molecular flexibility index (Phi) is 5.42. The number of carbonyl (C=O) groups is 1. The molecule has 1 aromatic rings. The number of ether oxygens (including phenoxy) is 1. The first-order chi connectivity index (χ1) is 9.81. The van der Waals surface area contributed by atoms with E-state index in [9.17, 15) is 13.2 Å². The zero-order chi connectivity index (χ0) is 15.6. The summed E-state index contributed by atoms with van der Waals surface area (Å²) in [6.45, 7) is 5.35. The first-order valence-corrected chi connectivity index (χ1v) is 9.55. The standard InChI is InChI=1S/C12H17BrN2O4S2/c1-8-7-10(20-11(8)13)21(17,18)14-9(2)12(16)15-3-5-19-6-4-15/h7,9,14H,3-6H2,1-2H3. The Balaban J connectivity index is 2.06. The first kappa shape index (κ1) is 16.9. The third kappa shape index (κ3) is 4.04. The molecular weight excluding hydrogens is 380 g/mol. The van der Waals surface area contributed by atoms with Crippen molar-refractivity contribution in [3.05, 3.63) is 15.4 Å². The lowest BCUT2D eigenvalue weighted by atomic mass is 10.3. The van der Waals surface area contributed by atoms with Crippen LogP contribution in [0.3, 0.4) is 0 Å². The van der Waals surface area contributed by atoms with Crippen molar-refractivity contribution in [3.8, 4) is 0 Å². The molecule has 0 aliphatic carbocycles. The lowest BCUT2D eigenvalue weighted by molar-refractivity contribution is -0.136. The molecule has 0 spiro atoms. The van der Waals surface area contributed by atoms with Crippen LogP contribution >= 0.6 is 27.3 Å². The lowest BCUT2D eigenvalue weighted by Crippen LogP contribution is -2.50. The highest BCUT2D eigenvalue weighted by Gasteiger charge is 2.28. The quantitative estimate of drug-likeness (QED) is 0.832. The minimum atomic E-state index is -3.69. The molecule has 2 rings (SSSR count). The fourth-order valence-corrected chi connectivity index (χ4v) is 5.40. The predicted molar refractivity (Wildman–Crippen MR) is 83.9 cm³/mol. The second-order valence-corrected chi connectivity index (χ2v) is 9.11. The van der Waals surface area contributed by atoms with E-state index < -0.39 is 16.1 Å². The van der Waals surface area contributed by atoms with Crippen molar-refractivity contribution in [3.63, 3.8) is 0 Å². The summed E-state index contributed by atoms with van der Waals surface area (Å²) in [7, 11) is -3.69. The zero-order valence-corrected chi connectivity index (χ0v) is 15.0. The maximum Gasteiger partial charge on any atom is 0.250 e. The van der Waals surface area contributed by atoms with Gasteiger partial charge >= 0.3 is 0 Å². The number of carbonyl (C=O) groups excluding carboxylic acids is 1. The number of thiophene rings is 1. The number of sulfonamides is 1. The van der Waals surface area contributed by atoms with Gasteiger partial charge in [-0.25, -0.2) is 8.42 Å². The van der Waals surface area contributed by atoms with Crippen LogP contribution in [-0.4, -0.2) is 51.6 Å². The molecule has 0 aromatic carbocycles. The number of hydrogen-bond acceptors (Lipinski definition) is 5. The summed E-state index contributed by atoms with van der Waals surface area (Å²) in [5.41, 5.74) is 0.854. The molecule has 0 bridgehead atoms. The molecule has 6 nitrogen and oxygen atoms in total. The van der Waals surface area contributed by atoms with Crippen molar-refractivity contribution in [2.45, 2.75) is 24.1 Å². The molecule has 1 aliphatic rings. The fourth-order valence-electron chi connectivity index (χ4n) is 1.96. The Hall–Kier alpha value is -0.480. The van der Waals surface area contributed by atoms with E-state index >= 15 is 0 Å². The van der Waals surface area contributed by atoms with Gasteiger partial charge in [-0.1, -0.05) is 0 Å². The van der Waals surface area contributed by atoms with E-state index in [-0.39, 0.29) is 10.1 Å². The van der Waals surface area contributed by atoms with Gasteiger partial charge in [0.25, 0.3) is 10.0 Å². The second kappa shape index (κ2) is 6.74. The van der Waals surface area contributed by atoms with Crippen molar-refractivity contribution >= 4 is 43.2 Å². The zero-order valence-electron chi connectivity index (χ0n) is 11.8. The number of rotatable bonds is 4. The molecule has 1 atom stereocenters. The highest BCUT2D eigenvalue weighted by atomic mass is 79.9. The minimum Gasteiger partial charge on any atom is -0.378 e. The van der Waals surface area contributed by atoms with E-state index in [2.05, 4.69) is 20.7 Å². The maximum atomic E-state index is 12.3. The average Bonchev–Trinajstić information content (AvgIpc) is 2.79. The molecule has 0 radical (unpaired) electrons. The smallest absolute Gasteiger partial charge is 0.250 e.